The smallest absolute Gasteiger partial charge is 0.406 e. The SMILES string of the molecule is O=c1ccc(-c2nc(-c3ccc(OC(F)(F)F)cc3)no2)cn1Cc1cccc(N2CCCC2)c1. The van der Waals surface area contributed by atoms with Crippen LogP contribution in [0, 0.1) is 0 Å². The molecule has 0 N–H and O–H groups in total. The molecule has 0 unspecified atom stereocenters. The first-order valence-corrected chi connectivity index (χ1v) is 11.1. The van der Waals surface area contributed by atoms with Gasteiger partial charge in [-0.2, -0.15) is 4.98 Å². The number of anilines is 1. The number of pyridine rings is 1. The summed E-state index contributed by atoms with van der Waals surface area (Å²) >= 11 is 0. The van der Waals surface area contributed by atoms with Crippen LogP contribution >= 0.6 is 0 Å². The topological polar surface area (TPSA) is 73.4 Å². The van der Waals surface area contributed by atoms with Crippen LogP contribution in [0.4, 0.5) is 18.9 Å². The van der Waals surface area contributed by atoms with Crippen LogP contribution in [-0.2, 0) is 6.54 Å². The lowest BCUT2D eigenvalue weighted by molar-refractivity contribution is -0.274. The van der Waals surface area contributed by atoms with E-state index in [0.29, 0.717) is 17.7 Å². The minimum atomic E-state index is -4.76. The van der Waals surface area contributed by atoms with Crippen molar-refractivity contribution in [2.75, 3.05) is 18.0 Å². The van der Waals surface area contributed by atoms with Crippen molar-refractivity contribution in [2.24, 2.45) is 0 Å². The number of benzene rings is 2. The van der Waals surface area contributed by atoms with E-state index in [9.17, 15) is 18.0 Å². The Labute approximate surface area is 198 Å². The molecule has 1 fully saturated rings. The van der Waals surface area contributed by atoms with Gasteiger partial charge in [0, 0.05) is 36.6 Å². The minimum absolute atomic E-state index is 0.166. The molecule has 1 aliphatic heterocycles. The largest absolute Gasteiger partial charge is 0.573 e. The fourth-order valence-corrected chi connectivity index (χ4v) is 4.07. The fourth-order valence-electron chi connectivity index (χ4n) is 4.07. The molecule has 5 rings (SSSR count). The van der Waals surface area contributed by atoms with E-state index in [-0.39, 0.29) is 23.0 Å². The second kappa shape index (κ2) is 9.28. The predicted molar refractivity (Wildman–Crippen MR) is 123 cm³/mol. The maximum absolute atomic E-state index is 12.5. The Morgan fingerprint density at radius 1 is 0.971 bits per heavy atom. The molecule has 3 heterocycles. The van der Waals surface area contributed by atoms with Gasteiger partial charge in [0.05, 0.1) is 12.1 Å². The molecule has 0 saturated carbocycles. The Kier molecular flexibility index (Phi) is 6.02. The molecular weight excluding hydrogens is 461 g/mol. The van der Waals surface area contributed by atoms with Crippen LogP contribution < -0.4 is 15.2 Å². The van der Waals surface area contributed by atoms with Gasteiger partial charge in [-0.25, -0.2) is 0 Å². The second-order valence-corrected chi connectivity index (χ2v) is 8.24. The van der Waals surface area contributed by atoms with E-state index in [1.807, 2.05) is 12.1 Å². The average Bonchev–Trinajstić information content (AvgIpc) is 3.53. The number of halogens is 3. The van der Waals surface area contributed by atoms with E-state index in [1.54, 1.807) is 16.8 Å². The quantitative estimate of drug-likeness (QED) is 0.380. The molecule has 1 saturated heterocycles. The second-order valence-electron chi connectivity index (χ2n) is 8.24. The van der Waals surface area contributed by atoms with Gasteiger partial charge in [-0.15, -0.1) is 13.2 Å². The molecule has 0 atom stereocenters. The van der Waals surface area contributed by atoms with Gasteiger partial charge in [-0.1, -0.05) is 17.3 Å². The zero-order chi connectivity index (χ0) is 24.4. The first kappa shape index (κ1) is 22.7. The molecule has 0 radical (unpaired) electrons. The van der Waals surface area contributed by atoms with Gasteiger partial charge >= 0.3 is 6.36 Å². The first-order chi connectivity index (χ1) is 16.8. The minimum Gasteiger partial charge on any atom is -0.406 e. The first-order valence-electron chi connectivity index (χ1n) is 11.1. The molecule has 35 heavy (non-hydrogen) atoms. The lowest BCUT2D eigenvalue weighted by Gasteiger charge is -2.18. The van der Waals surface area contributed by atoms with Gasteiger partial charge in [0.25, 0.3) is 11.4 Å². The van der Waals surface area contributed by atoms with E-state index in [1.165, 1.54) is 43.2 Å². The molecule has 180 valence electrons. The summed E-state index contributed by atoms with van der Waals surface area (Å²) < 4.78 is 47.9. The van der Waals surface area contributed by atoms with E-state index in [4.69, 9.17) is 4.52 Å². The normalized spacial score (nSPS) is 13.9. The standard InChI is InChI=1S/C25H21F3N4O3/c26-25(27,28)34-21-9-6-18(7-10-21)23-29-24(35-30-23)19-8-11-22(33)32(16-19)15-17-4-3-5-20(14-17)31-12-1-2-13-31/h3-11,14,16H,1-2,12-13,15H2. The van der Waals surface area contributed by atoms with Crippen molar-refractivity contribution in [1.29, 1.82) is 0 Å². The number of rotatable bonds is 6. The maximum atomic E-state index is 12.5. The van der Waals surface area contributed by atoms with Crippen molar-refractivity contribution in [2.45, 2.75) is 25.7 Å². The Hall–Kier alpha value is -4.08. The van der Waals surface area contributed by atoms with Gasteiger partial charge < -0.3 is 18.7 Å². The third-order valence-corrected chi connectivity index (χ3v) is 5.74. The summed E-state index contributed by atoms with van der Waals surface area (Å²) in [5.41, 5.74) is 3.00. The van der Waals surface area contributed by atoms with E-state index in [2.05, 4.69) is 31.9 Å². The number of alkyl halides is 3. The van der Waals surface area contributed by atoms with Gasteiger partial charge in [-0.3, -0.25) is 4.79 Å². The van der Waals surface area contributed by atoms with Gasteiger partial charge in [0.2, 0.25) is 5.82 Å². The van der Waals surface area contributed by atoms with Gasteiger partial charge in [0.1, 0.15) is 5.75 Å². The zero-order valence-electron chi connectivity index (χ0n) is 18.5. The molecule has 10 heteroatoms. The third kappa shape index (κ3) is 5.37. The van der Waals surface area contributed by atoms with E-state index in [0.717, 1.165) is 24.3 Å². The van der Waals surface area contributed by atoms with Crippen molar-refractivity contribution < 1.29 is 22.4 Å². The Morgan fingerprint density at radius 3 is 2.46 bits per heavy atom. The van der Waals surface area contributed by atoms with Crippen LogP contribution in [-0.4, -0.2) is 34.2 Å². The molecule has 2 aromatic heterocycles. The van der Waals surface area contributed by atoms with Crippen molar-refractivity contribution in [3.05, 3.63) is 82.8 Å². The number of hydrogen-bond acceptors (Lipinski definition) is 6. The highest BCUT2D eigenvalue weighted by Crippen LogP contribution is 2.27. The van der Waals surface area contributed by atoms with Crippen molar-refractivity contribution >= 4 is 5.69 Å². The summed E-state index contributed by atoms with van der Waals surface area (Å²) in [4.78, 5) is 19.2. The average molecular weight is 482 g/mol. The van der Waals surface area contributed by atoms with Gasteiger partial charge in [-0.05, 0) is 60.9 Å². The van der Waals surface area contributed by atoms with Crippen molar-refractivity contribution in [3.63, 3.8) is 0 Å². The number of nitrogens with zero attached hydrogens (tertiary/aromatic N) is 4. The Morgan fingerprint density at radius 2 is 1.71 bits per heavy atom. The highest BCUT2D eigenvalue weighted by molar-refractivity contribution is 5.60. The van der Waals surface area contributed by atoms with E-state index < -0.39 is 6.36 Å². The number of aromatic nitrogens is 3. The summed E-state index contributed by atoms with van der Waals surface area (Å²) in [6.07, 6.45) is -0.741. The Balaban J connectivity index is 1.35. The summed E-state index contributed by atoms with van der Waals surface area (Å²) in [5.74, 6) is 0.0515. The molecular formula is C25H21F3N4O3. The highest BCUT2D eigenvalue weighted by atomic mass is 19.4. The maximum Gasteiger partial charge on any atom is 0.573 e. The monoisotopic (exact) mass is 482 g/mol. The summed E-state index contributed by atoms with van der Waals surface area (Å²) in [7, 11) is 0. The van der Waals surface area contributed by atoms with Crippen LogP contribution in [0.15, 0.2) is 76.2 Å². The van der Waals surface area contributed by atoms with Crippen LogP contribution in [0.5, 0.6) is 5.75 Å². The summed E-state index contributed by atoms with van der Waals surface area (Å²) in [6, 6.07) is 16.3. The molecule has 1 aliphatic rings. The Bertz CT molecular complexity index is 1370. The van der Waals surface area contributed by atoms with Crippen molar-refractivity contribution in [3.8, 4) is 28.6 Å². The molecule has 7 nitrogen and oxygen atoms in total. The number of ether oxygens (including phenoxy) is 1. The molecule has 2 aromatic carbocycles. The third-order valence-electron chi connectivity index (χ3n) is 5.74. The predicted octanol–water partition coefficient (Wildman–Crippen LogP) is 5.11. The van der Waals surface area contributed by atoms with E-state index >= 15 is 0 Å². The molecule has 0 bridgehead atoms. The van der Waals surface area contributed by atoms with Crippen LogP contribution in [0.3, 0.4) is 0 Å². The van der Waals surface area contributed by atoms with Crippen molar-refractivity contribution in [1.82, 2.24) is 14.7 Å². The summed E-state index contributed by atoms with van der Waals surface area (Å²) in [5, 5.41) is 3.92. The number of hydrogen-bond donors (Lipinski definition) is 0. The lowest BCUT2D eigenvalue weighted by Crippen LogP contribution is -2.20. The van der Waals surface area contributed by atoms with Crippen LogP contribution in [0.2, 0.25) is 0 Å². The molecule has 0 aliphatic carbocycles. The van der Waals surface area contributed by atoms with Gasteiger partial charge in [0.15, 0.2) is 0 Å². The zero-order valence-corrected chi connectivity index (χ0v) is 18.5. The summed E-state index contributed by atoms with van der Waals surface area (Å²) in [6.45, 7) is 2.46. The molecule has 0 amide bonds. The lowest BCUT2D eigenvalue weighted by atomic mass is 10.1. The van der Waals surface area contributed by atoms with Crippen LogP contribution in [0.1, 0.15) is 18.4 Å². The molecule has 0 spiro atoms. The molecule has 4 aromatic rings. The highest BCUT2D eigenvalue weighted by Gasteiger charge is 2.31. The van der Waals surface area contributed by atoms with Crippen LogP contribution in [0.25, 0.3) is 22.8 Å². The fraction of sp³-hybridized carbons (Fsp3) is 0.240.